The highest BCUT2D eigenvalue weighted by molar-refractivity contribution is 6.10. The average molecular weight is 391 g/mol. The first-order valence-corrected chi connectivity index (χ1v) is 8.41. The standard InChI is InChI=1S/C21H14FN3O4/c1-13-5-7-18(19(9-13)25(27)28)24-21(26)15(12-23)11-17-6-8-20(29-17)14-3-2-4-16(22)10-14/h2-11H,1H3,(H,24,26)/b15-11+. The second-order valence-corrected chi connectivity index (χ2v) is 6.11. The Bertz CT molecular complexity index is 1170. The molecule has 0 unspecified atom stereocenters. The zero-order valence-corrected chi connectivity index (χ0v) is 15.2. The van der Waals surface area contributed by atoms with Crippen LogP contribution in [0, 0.1) is 34.2 Å². The lowest BCUT2D eigenvalue weighted by Gasteiger charge is -2.05. The molecular weight excluding hydrogens is 377 g/mol. The van der Waals surface area contributed by atoms with Gasteiger partial charge in [0.25, 0.3) is 11.6 Å². The number of hydrogen-bond acceptors (Lipinski definition) is 5. The van der Waals surface area contributed by atoms with E-state index in [2.05, 4.69) is 5.32 Å². The Balaban J connectivity index is 1.85. The number of hydrogen-bond donors (Lipinski definition) is 1. The Labute approximate surface area is 164 Å². The number of anilines is 1. The van der Waals surface area contributed by atoms with Gasteiger partial charge in [0.15, 0.2) is 0 Å². The molecule has 0 spiro atoms. The minimum absolute atomic E-state index is 0.0216. The van der Waals surface area contributed by atoms with Crippen LogP contribution in [0.5, 0.6) is 0 Å². The van der Waals surface area contributed by atoms with Crippen LogP contribution in [0.2, 0.25) is 0 Å². The molecule has 0 aliphatic carbocycles. The summed E-state index contributed by atoms with van der Waals surface area (Å²) in [6.07, 6.45) is 1.21. The van der Waals surface area contributed by atoms with Gasteiger partial charge in [-0.3, -0.25) is 14.9 Å². The summed E-state index contributed by atoms with van der Waals surface area (Å²) in [5.41, 5.74) is 0.558. The maximum Gasteiger partial charge on any atom is 0.293 e. The highest BCUT2D eigenvalue weighted by atomic mass is 19.1. The van der Waals surface area contributed by atoms with Crippen LogP contribution in [-0.4, -0.2) is 10.8 Å². The fraction of sp³-hybridized carbons (Fsp3) is 0.0476. The first-order chi connectivity index (χ1) is 13.9. The average Bonchev–Trinajstić information content (AvgIpc) is 3.16. The maximum absolute atomic E-state index is 13.4. The van der Waals surface area contributed by atoms with Gasteiger partial charge in [0, 0.05) is 17.7 Å². The third-order valence-electron chi connectivity index (χ3n) is 3.99. The minimum atomic E-state index is -0.817. The molecule has 1 amide bonds. The molecule has 3 aromatic rings. The van der Waals surface area contributed by atoms with Gasteiger partial charge >= 0.3 is 0 Å². The van der Waals surface area contributed by atoms with Crippen LogP contribution in [0.1, 0.15) is 11.3 Å². The van der Waals surface area contributed by atoms with E-state index in [1.807, 2.05) is 0 Å². The smallest absolute Gasteiger partial charge is 0.293 e. The van der Waals surface area contributed by atoms with Gasteiger partial charge in [0.1, 0.15) is 34.7 Å². The highest BCUT2D eigenvalue weighted by Gasteiger charge is 2.18. The Kier molecular flexibility index (Phi) is 5.51. The number of carbonyl (C=O) groups is 1. The number of nitro groups is 1. The molecule has 7 nitrogen and oxygen atoms in total. The Morgan fingerprint density at radius 1 is 1.24 bits per heavy atom. The van der Waals surface area contributed by atoms with Crippen molar-refractivity contribution in [3.8, 4) is 17.4 Å². The number of rotatable bonds is 5. The maximum atomic E-state index is 13.4. The van der Waals surface area contributed by atoms with E-state index in [9.17, 15) is 24.6 Å². The summed E-state index contributed by atoms with van der Waals surface area (Å²) >= 11 is 0. The molecule has 144 valence electrons. The summed E-state index contributed by atoms with van der Waals surface area (Å²) in [5.74, 6) is -0.673. The number of aryl methyl sites for hydroxylation is 1. The molecule has 0 saturated carbocycles. The second kappa shape index (κ2) is 8.19. The molecule has 0 bridgehead atoms. The molecule has 0 atom stereocenters. The summed E-state index contributed by atoms with van der Waals surface area (Å²) in [5, 5.41) is 22.9. The van der Waals surface area contributed by atoms with Crippen LogP contribution in [0.4, 0.5) is 15.8 Å². The zero-order chi connectivity index (χ0) is 21.0. The van der Waals surface area contributed by atoms with E-state index in [1.54, 1.807) is 31.2 Å². The van der Waals surface area contributed by atoms with Gasteiger partial charge in [0.2, 0.25) is 0 Å². The second-order valence-electron chi connectivity index (χ2n) is 6.11. The van der Waals surface area contributed by atoms with Gasteiger partial charge in [-0.15, -0.1) is 0 Å². The van der Waals surface area contributed by atoms with Crippen molar-refractivity contribution < 1.29 is 18.5 Å². The lowest BCUT2D eigenvalue weighted by atomic mass is 10.1. The number of furan rings is 1. The van der Waals surface area contributed by atoms with Gasteiger partial charge in [-0.2, -0.15) is 5.26 Å². The van der Waals surface area contributed by atoms with Crippen molar-refractivity contribution in [3.05, 3.63) is 87.4 Å². The summed E-state index contributed by atoms with van der Waals surface area (Å²) in [7, 11) is 0. The fourth-order valence-corrected chi connectivity index (χ4v) is 2.61. The molecular formula is C21H14FN3O4. The third-order valence-corrected chi connectivity index (χ3v) is 3.99. The van der Waals surface area contributed by atoms with Gasteiger partial charge in [0.05, 0.1) is 4.92 Å². The Hall–Kier alpha value is -4.25. The number of halogens is 1. The molecule has 2 aromatic carbocycles. The van der Waals surface area contributed by atoms with E-state index in [1.165, 1.54) is 42.5 Å². The monoisotopic (exact) mass is 391 g/mol. The van der Waals surface area contributed by atoms with Crippen molar-refractivity contribution in [1.29, 1.82) is 5.26 Å². The summed E-state index contributed by atoms with van der Waals surface area (Å²) in [6.45, 7) is 1.69. The molecule has 0 aliphatic rings. The van der Waals surface area contributed by atoms with Crippen LogP contribution in [0.15, 0.2) is 64.6 Å². The fourth-order valence-electron chi connectivity index (χ4n) is 2.61. The molecule has 0 fully saturated rings. The molecule has 0 radical (unpaired) electrons. The van der Waals surface area contributed by atoms with Gasteiger partial charge in [-0.1, -0.05) is 18.2 Å². The first-order valence-electron chi connectivity index (χ1n) is 8.41. The highest BCUT2D eigenvalue weighted by Crippen LogP contribution is 2.27. The number of nitrogens with one attached hydrogen (secondary N) is 1. The first kappa shape index (κ1) is 19.5. The molecule has 1 N–H and O–H groups in total. The topological polar surface area (TPSA) is 109 Å². The van der Waals surface area contributed by atoms with E-state index < -0.39 is 16.6 Å². The van der Waals surface area contributed by atoms with Crippen LogP contribution in [0.3, 0.4) is 0 Å². The molecule has 0 saturated heterocycles. The van der Waals surface area contributed by atoms with Gasteiger partial charge < -0.3 is 9.73 Å². The molecule has 0 aliphatic heterocycles. The van der Waals surface area contributed by atoms with Crippen molar-refractivity contribution in [2.45, 2.75) is 6.92 Å². The predicted octanol–water partition coefficient (Wildman–Crippen LogP) is 4.85. The van der Waals surface area contributed by atoms with Crippen molar-refractivity contribution >= 4 is 23.4 Å². The normalized spacial score (nSPS) is 11.0. The largest absolute Gasteiger partial charge is 0.457 e. The molecule has 8 heteroatoms. The number of amides is 1. The van der Waals surface area contributed by atoms with E-state index in [-0.39, 0.29) is 22.7 Å². The Morgan fingerprint density at radius 2 is 2.03 bits per heavy atom. The zero-order valence-electron chi connectivity index (χ0n) is 15.2. The summed E-state index contributed by atoms with van der Waals surface area (Å²) in [6, 6.07) is 15.0. The van der Waals surface area contributed by atoms with E-state index in [0.29, 0.717) is 16.9 Å². The third kappa shape index (κ3) is 4.54. The van der Waals surface area contributed by atoms with Crippen LogP contribution < -0.4 is 5.32 Å². The Morgan fingerprint density at radius 3 is 2.72 bits per heavy atom. The number of carbonyl (C=O) groups excluding carboxylic acids is 1. The van der Waals surface area contributed by atoms with Gasteiger partial charge in [-0.05, 0) is 42.8 Å². The predicted molar refractivity (Wildman–Crippen MR) is 104 cm³/mol. The van der Waals surface area contributed by atoms with Crippen molar-refractivity contribution in [2.75, 3.05) is 5.32 Å². The number of nitriles is 1. The van der Waals surface area contributed by atoms with E-state index in [0.717, 1.165) is 0 Å². The van der Waals surface area contributed by atoms with Crippen molar-refractivity contribution in [1.82, 2.24) is 0 Å². The van der Waals surface area contributed by atoms with E-state index >= 15 is 0 Å². The number of nitrogens with zero attached hydrogens (tertiary/aromatic N) is 2. The van der Waals surface area contributed by atoms with Crippen LogP contribution in [-0.2, 0) is 4.79 Å². The summed E-state index contributed by atoms with van der Waals surface area (Å²) in [4.78, 5) is 23.0. The number of benzene rings is 2. The molecule has 29 heavy (non-hydrogen) atoms. The quantitative estimate of drug-likeness (QED) is 0.289. The van der Waals surface area contributed by atoms with Crippen LogP contribution in [0.25, 0.3) is 17.4 Å². The van der Waals surface area contributed by atoms with Gasteiger partial charge in [-0.25, -0.2) is 4.39 Å². The van der Waals surface area contributed by atoms with E-state index in [4.69, 9.17) is 4.42 Å². The van der Waals surface area contributed by atoms with Crippen LogP contribution >= 0.6 is 0 Å². The molecule has 3 rings (SSSR count). The lowest BCUT2D eigenvalue weighted by Crippen LogP contribution is -2.14. The molecule has 1 heterocycles. The molecule has 1 aromatic heterocycles. The van der Waals surface area contributed by atoms with Crippen molar-refractivity contribution in [2.24, 2.45) is 0 Å². The minimum Gasteiger partial charge on any atom is -0.457 e. The summed E-state index contributed by atoms with van der Waals surface area (Å²) < 4.78 is 18.9. The SMILES string of the molecule is Cc1ccc(NC(=O)/C(C#N)=C/c2ccc(-c3cccc(F)c3)o2)c([N+](=O)[O-])c1. The lowest BCUT2D eigenvalue weighted by molar-refractivity contribution is -0.384. The number of nitro benzene ring substituents is 1. The van der Waals surface area contributed by atoms with Crippen molar-refractivity contribution in [3.63, 3.8) is 0 Å².